The normalized spacial score (nSPS) is 18.3. The smallest absolute Gasteiger partial charge is 0.0648 e. The van der Waals surface area contributed by atoms with E-state index >= 15 is 0 Å². The van der Waals surface area contributed by atoms with Gasteiger partial charge in [0.05, 0.1) is 23.9 Å². The van der Waals surface area contributed by atoms with Gasteiger partial charge in [-0.1, -0.05) is 34.5 Å². The Morgan fingerprint density at radius 2 is 2.27 bits per heavy atom. The average molecular weight is 291 g/mol. The second-order valence-corrected chi connectivity index (χ2v) is 5.60. The molecule has 1 N–H and O–H groups in total. The van der Waals surface area contributed by atoms with Crippen molar-refractivity contribution in [1.82, 2.24) is 0 Å². The van der Waals surface area contributed by atoms with Crippen molar-refractivity contribution in [3.05, 3.63) is 27.7 Å². The Balaban J connectivity index is 1.98. The van der Waals surface area contributed by atoms with Crippen molar-refractivity contribution in [2.45, 2.75) is 6.92 Å². The summed E-state index contributed by atoms with van der Waals surface area (Å²) in [6, 6.07) is 5.85. The molecule has 82 valence electrons. The highest BCUT2D eigenvalue weighted by Gasteiger charge is 2.33. The molecule has 1 aliphatic rings. The lowest BCUT2D eigenvalue weighted by Gasteiger charge is -2.38. The second-order valence-electron chi connectivity index (χ2n) is 4.28. The molecule has 0 unspecified atom stereocenters. The molecule has 1 aromatic carbocycles. The largest absolute Gasteiger partial charge is 0.383 e. The Morgan fingerprint density at radius 3 is 2.80 bits per heavy atom. The van der Waals surface area contributed by atoms with Gasteiger partial charge >= 0.3 is 0 Å². The number of halogens is 2. The van der Waals surface area contributed by atoms with Crippen LogP contribution >= 0.6 is 27.5 Å². The van der Waals surface area contributed by atoms with E-state index in [2.05, 4.69) is 28.2 Å². The van der Waals surface area contributed by atoms with Crippen molar-refractivity contribution in [2.24, 2.45) is 5.41 Å². The first-order chi connectivity index (χ1) is 7.09. The van der Waals surface area contributed by atoms with Gasteiger partial charge in [0.15, 0.2) is 0 Å². The highest BCUT2D eigenvalue weighted by molar-refractivity contribution is 9.10. The zero-order valence-electron chi connectivity index (χ0n) is 8.52. The predicted octanol–water partition coefficient (Wildman–Crippen LogP) is 3.55. The number of anilines is 1. The summed E-state index contributed by atoms with van der Waals surface area (Å²) in [4.78, 5) is 0. The lowest BCUT2D eigenvalue weighted by molar-refractivity contribution is -0.0924. The maximum absolute atomic E-state index is 6.10. The topological polar surface area (TPSA) is 21.3 Å². The van der Waals surface area contributed by atoms with Crippen molar-refractivity contribution in [3.8, 4) is 0 Å². The summed E-state index contributed by atoms with van der Waals surface area (Å²) < 4.78 is 6.19. The van der Waals surface area contributed by atoms with Crippen LogP contribution in [-0.2, 0) is 4.74 Å². The van der Waals surface area contributed by atoms with Crippen LogP contribution in [-0.4, -0.2) is 19.8 Å². The van der Waals surface area contributed by atoms with E-state index in [4.69, 9.17) is 16.3 Å². The zero-order valence-corrected chi connectivity index (χ0v) is 10.9. The van der Waals surface area contributed by atoms with Crippen LogP contribution in [0.5, 0.6) is 0 Å². The van der Waals surface area contributed by atoms with Gasteiger partial charge in [-0.2, -0.15) is 0 Å². The Labute approximate surface area is 103 Å². The van der Waals surface area contributed by atoms with Crippen molar-refractivity contribution in [2.75, 3.05) is 25.1 Å². The molecule has 0 atom stereocenters. The maximum atomic E-state index is 6.10. The van der Waals surface area contributed by atoms with E-state index in [9.17, 15) is 0 Å². The molecule has 1 fully saturated rings. The Hall–Kier alpha value is -0.250. The molecule has 15 heavy (non-hydrogen) atoms. The summed E-state index contributed by atoms with van der Waals surface area (Å²) >= 11 is 9.48. The first kappa shape index (κ1) is 11.2. The van der Waals surface area contributed by atoms with Crippen LogP contribution < -0.4 is 5.32 Å². The fourth-order valence-corrected chi connectivity index (χ4v) is 2.23. The molecule has 0 aliphatic carbocycles. The average Bonchev–Trinajstić information content (AvgIpc) is 2.14. The van der Waals surface area contributed by atoms with E-state index in [1.807, 2.05) is 18.2 Å². The van der Waals surface area contributed by atoms with Crippen molar-refractivity contribution in [1.29, 1.82) is 0 Å². The number of hydrogen-bond acceptors (Lipinski definition) is 2. The zero-order chi connectivity index (χ0) is 10.9. The van der Waals surface area contributed by atoms with Gasteiger partial charge in [0.1, 0.15) is 0 Å². The number of nitrogens with one attached hydrogen (secondary N) is 1. The van der Waals surface area contributed by atoms with Gasteiger partial charge in [0.2, 0.25) is 0 Å². The standard InChI is InChI=1S/C11H13BrClNO/c1-11(6-15-7-11)5-14-10-3-2-8(12)4-9(10)13/h2-4,14H,5-7H2,1H3. The fourth-order valence-electron chi connectivity index (χ4n) is 1.49. The van der Waals surface area contributed by atoms with Gasteiger partial charge in [0, 0.05) is 16.4 Å². The lowest BCUT2D eigenvalue weighted by Crippen LogP contribution is -2.45. The molecule has 1 saturated heterocycles. The quantitative estimate of drug-likeness (QED) is 0.919. The highest BCUT2D eigenvalue weighted by Crippen LogP contribution is 2.30. The summed E-state index contributed by atoms with van der Waals surface area (Å²) in [5, 5.41) is 4.09. The van der Waals surface area contributed by atoms with Crippen molar-refractivity contribution < 1.29 is 4.74 Å². The van der Waals surface area contributed by atoms with Crippen LogP contribution in [0.1, 0.15) is 6.92 Å². The van der Waals surface area contributed by atoms with E-state index in [1.165, 1.54) is 0 Å². The molecular formula is C11H13BrClNO. The minimum absolute atomic E-state index is 0.260. The first-order valence-corrected chi connectivity index (χ1v) is 6.03. The summed E-state index contributed by atoms with van der Waals surface area (Å²) in [6.07, 6.45) is 0. The van der Waals surface area contributed by atoms with Crippen LogP contribution in [0, 0.1) is 5.41 Å². The van der Waals surface area contributed by atoms with Crippen molar-refractivity contribution in [3.63, 3.8) is 0 Å². The lowest BCUT2D eigenvalue weighted by atomic mass is 9.89. The number of rotatable bonds is 3. The molecule has 2 nitrogen and oxygen atoms in total. The van der Waals surface area contributed by atoms with Crippen LogP contribution in [0.2, 0.25) is 5.02 Å². The van der Waals surface area contributed by atoms with Crippen LogP contribution in [0.3, 0.4) is 0 Å². The third kappa shape index (κ3) is 2.65. The SMILES string of the molecule is CC1(CNc2ccc(Br)cc2Cl)COC1. The monoisotopic (exact) mass is 289 g/mol. The van der Waals surface area contributed by atoms with Crippen LogP contribution in [0.4, 0.5) is 5.69 Å². The summed E-state index contributed by atoms with van der Waals surface area (Å²) in [5.41, 5.74) is 1.24. The summed E-state index contributed by atoms with van der Waals surface area (Å²) in [7, 11) is 0. The molecule has 1 aromatic rings. The molecule has 1 heterocycles. The molecule has 0 radical (unpaired) electrons. The van der Waals surface area contributed by atoms with Gasteiger partial charge in [-0.15, -0.1) is 0 Å². The van der Waals surface area contributed by atoms with Crippen LogP contribution in [0.15, 0.2) is 22.7 Å². The molecule has 0 spiro atoms. The van der Waals surface area contributed by atoms with E-state index in [0.717, 1.165) is 34.9 Å². The molecule has 0 bridgehead atoms. The van der Waals surface area contributed by atoms with Gasteiger partial charge in [-0.05, 0) is 18.2 Å². The number of benzene rings is 1. The van der Waals surface area contributed by atoms with Gasteiger partial charge in [0.25, 0.3) is 0 Å². The molecule has 0 saturated carbocycles. The first-order valence-electron chi connectivity index (χ1n) is 4.86. The third-order valence-corrected chi connectivity index (χ3v) is 3.34. The molecule has 2 rings (SSSR count). The Kier molecular flexibility index (Phi) is 3.24. The molecular weight excluding hydrogens is 277 g/mol. The minimum Gasteiger partial charge on any atom is -0.383 e. The van der Waals surface area contributed by atoms with Gasteiger partial charge in [-0.3, -0.25) is 0 Å². The molecule has 0 aromatic heterocycles. The minimum atomic E-state index is 0.260. The van der Waals surface area contributed by atoms with E-state index in [-0.39, 0.29) is 5.41 Å². The fraction of sp³-hybridized carbons (Fsp3) is 0.455. The van der Waals surface area contributed by atoms with Gasteiger partial charge in [-0.25, -0.2) is 0 Å². The van der Waals surface area contributed by atoms with E-state index in [1.54, 1.807) is 0 Å². The number of hydrogen-bond donors (Lipinski definition) is 1. The molecule has 0 amide bonds. The number of ether oxygens (including phenoxy) is 1. The maximum Gasteiger partial charge on any atom is 0.0648 e. The summed E-state index contributed by atoms with van der Waals surface area (Å²) in [6.45, 7) is 4.76. The summed E-state index contributed by atoms with van der Waals surface area (Å²) in [5.74, 6) is 0. The second kappa shape index (κ2) is 4.32. The molecule has 4 heteroatoms. The third-order valence-electron chi connectivity index (χ3n) is 2.54. The van der Waals surface area contributed by atoms with Crippen LogP contribution in [0.25, 0.3) is 0 Å². The van der Waals surface area contributed by atoms with Gasteiger partial charge < -0.3 is 10.1 Å². The van der Waals surface area contributed by atoms with Crippen molar-refractivity contribution >= 4 is 33.2 Å². The predicted molar refractivity (Wildman–Crippen MR) is 66.6 cm³/mol. The molecule has 1 aliphatic heterocycles. The Morgan fingerprint density at radius 1 is 1.53 bits per heavy atom. The van der Waals surface area contributed by atoms with E-state index in [0.29, 0.717) is 0 Å². The van der Waals surface area contributed by atoms with E-state index < -0.39 is 0 Å². The highest BCUT2D eigenvalue weighted by atomic mass is 79.9. The Bertz CT molecular complexity index is 366.